The van der Waals surface area contributed by atoms with Crippen LogP contribution in [0.3, 0.4) is 0 Å². The number of methoxy groups -OCH3 is 1. The summed E-state index contributed by atoms with van der Waals surface area (Å²) in [6.07, 6.45) is 4.23. The number of rotatable bonds is 5. The number of anilines is 1. The number of fused-ring (bicyclic) bond motifs is 3. The second-order valence-corrected chi connectivity index (χ2v) is 10.1. The van der Waals surface area contributed by atoms with Gasteiger partial charge >= 0.3 is 0 Å². The number of thiophene rings is 1. The summed E-state index contributed by atoms with van der Waals surface area (Å²) < 4.78 is 6.84. The molecule has 6 nitrogen and oxygen atoms in total. The van der Waals surface area contributed by atoms with Gasteiger partial charge in [0, 0.05) is 16.9 Å². The van der Waals surface area contributed by atoms with E-state index in [-0.39, 0.29) is 11.5 Å². The molecule has 0 radical (unpaired) electrons. The van der Waals surface area contributed by atoms with Gasteiger partial charge in [0.1, 0.15) is 10.6 Å². The third-order valence-electron chi connectivity index (χ3n) is 5.23. The van der Waals surface area contributed by atoms with Gasteiger partial charge in [0.2, 0.25) is 5.91 Å². The Kier molecular flexibility index (Phi) is 6.09. The Hall–Kier alpha value is -2.03. The Balaban J connectivity index is 1.59. The van der Waals surface area contributed by atoms with Gasteiger partial charge in [-0.2, -0.15) is 0 Å². The SMILES string of the molecule is COc1ccc(Cl)cc1NC(=O)[C@H](C)Sc1nc2sc3c(c2c(=O)n1C)CCCC3. The van der Waals surface area contributed by atoms with Crippen molar-refractivity contribution in [3.8, 4) is 5.75 Å². The maximum Gasteiger partial charge on any atom is 0.262 e. The molecule has 1 N–H and O–H groups in total. The van der Waals surface area contributed by atoms with Gasteiger partial charge in [0.05, 0.1) is 23.4 Å². The van der Waals surface area contributed by atoms with E-state index in [1.165, 1.54) is 29.3 Å². The van der Waals surface area contributed by atoms with Gasteiger partial charge in [0.25, 0.3) is 5.56 Å². The van der Waals surface area contributed by atoms with Crippen LogP contribution in [0.5, 0.6) is 5.75 Å². The van der Waals surface area contributed by atoms with Gasteiger partial charge in [0.15, 0.2) is 5.16 Å². The van der Waals surface area contributed by atoms with Gasteiger partial charge in [-0.1, -0.05) is 23.4 Å². The number of nitrogens with one attached hydrogen (secondary N) is 1. The minimum Gasteiger partial charge on any atom is -0.495 e. The lowest BCUT2D eigenvalue weighted by Crippen LogP contribution is -2.25. The summed E-state index contributed by atoms with van der Waals surface area (Å²) in [5.41, 5.74) is 1.64. The number of ether oxygens (including phenoxy) is 1. The number of hydrogen-bond acceptors (Lipinski definition) is 6. The van der Waals surface area contributed by atoms with Crippen LogP contribution in [0, 0.1) is 0 Å². The van der Waals surface area contributed by atoms with Gasteiger partial charge in [-0.3, -0.25) is 14.2 Å². The first-order chi connectivity index (χ1) is 14.4. The molecule has 0 aliphatic heterocycles. The molecule has 3 aromatic rings. The van der Waals surface area contributed by atoms with Crippen LogP contribution in [0.4, 0.5) is 5.69 Å². The smallest absolute Gasteiger partial charge is 0.262 e. The van der Waals surface area contributed by atoms with Crippen molar-refractivity contribution in [2.75, 3.05) is 12.4 Å². The lowest BCUT2D eigenvalue weighted by Gasteiger charge is -2.15. The quantitative estimate of drug-likeness (QED) is 0.440. The number of nitrogens with zero attached hydrogens (tertiary/aromatic N) is 2. The van der Waals surface area contributed by atoms with Crippen LogP contribution in [-0.4, -0.2) is 27.8 Å². The number of aryl methyl sites for hydroxylation is 2. The number of amides is 1. The minimum absolute atomic E-state index is 0.0361. The average molecular weight is 464 g/mol. The predicted molar refractivity (Wildman–Crippen MR) is 123 cm³/mol. The van der Waals surface area contributed by atoms with E-state index in [1.54, 1.807) is 48.1 Å². The van der Waals surface area contributed by atoms with Crippen LogP contribution in [-0.2, 0) is 24.7 Å². The normalized spacial score (nSPS) is 14.4. The van der Waals surface area contributed by atoms with Crippen molar-refractivity contribution in [3.63, 3.8) is 0 Å². The predicted octanol–water partition coefficient (Wildman–Crippen LogP) is 4.66. The van der Waals surface area contributed by atoms with E-state index >= 15 is 0 Å². The van der Waals surface area contributed by atoms with Crippen LogP contribution >= 0.6 is 34.7 Å². The number of carbonyl (C=O) groups is 1. The summed E-state index contributed by atoms with van der Waals surface area (Å²) in [6, 6.07) is 5.04. The number of carbonyl (C=O) groups excluding carboxylic acids is 1. The van der Waals surface area contributed by atoms with E-state index in [0.29, 0.717) is 21.6 Å². The fraction of sp³-hybridized carbons (Fsp3) is 0.381. The Morgan fingerprint density at radius 3 is 2.90 bits per heavy atom. The van der Waals surface area contributed by atoms with Gasteiger partial charge in [-0.25, -0.2) is 4.98 Å². The zero-order valence-electron chi connectivity index (χ0n) is 17.0. The first-order valence-corrected chi connectivity index (χ1v) is 11.8. The Morgan fingerprint density at radius 2 is 2.13 bits per heavy atom. The van der Waals surface area contributed by atoms with Crippen LogP contribution in [0.15, 0.2) is 28.2 Å². The van der Waals surface area contributed by atoms with E-state index < -0.39 is 5.25 Å². The third-order valence-corrected chi connectivity index (χ3v) is 7.79. The summed E-state index contributed by atoms with van der Waals surface area (Å²) in [5, 5.41) is 4.17. The molecular formula is C21H22ClN3O3S2. The van der Waals surface area contributed by atoms with Crippen LogP contribution in [0.25, 0.3) is 10.2 Å². The Labute approximate surface area is 187 Å². The lowest BCUT2D eigenvalue weighted by atomic mass is 9.97. The van der Waals surface area contributed by atoms with E-state index in [0.717, 1.165) is 35.9 Å². The first-order valence-electron chi connectivity index (χ1n) is 9.71. The van der Waals surface area contributed by atoms with Crippen molar-refractivity contribution in [1.29, 1.82) is 0 Å². The molecule has 2 heterocycles. The molecule has 1 aliphatic rings. The topological polar surface area (TPSA) is 73.2 Å². The molecule has 2 aromatic heterocycles. The standard InChI is InChI=1S/C21H22ClN3O3S2/c1-11(18(26)23-14-10-12(22)8-9-15(14)28-3)29-21-24-19-17(20(27)25(21)2)13-6-4-5-7-16(13)30-19/h8-11H,4-7H2,1-3H3,(H,23,26)/t11-/m0/s1. The van der Waals surface area contributed by atoms with E-state index in [9.17, 15) is 9.59 Å². The molecule has 1 atom stereocenters. The van der Waals surface area contributed by atoms with Crippen molar-refractivity contribution in [3.05, 3.63) is 44.0 Å². The fourth-order valence-corrected chi connectivity index (χ4v) is 5.95. The number of thioether (sulfide) groups is 1. The monoisotopic (exact) mass is 463 g/mol. The highest BCUT2D eigenvalue weighted by Gasteiger charge is 2.23. The van der Waals surface area contributed by atoms with Gasteiger partial charge in [-0.15, -0.1) is 11.3 Å². The van der Waals surface area contributed by atoms with Gasteiger partial charge in [-0.05, 0) is 56.4 Å². The Morgan fingerprint density at radius 1 is 1.37 bits per heavy atom. The second kappa shape index (κ2) is 8.61. The molecule has 0 spiro atoms. The highest BCUT2D eigenvalue weighted by atomic mass is 35.5. The molecule has 0 saturated carbocycles. The molecule has 4 rings (SSSR count). The molecule has 1 aliphatic carbocycles. The van der Waals surface area contributed by atoms with Crippen molar-refractivity contribution < 1.29 is 9.53 Å². The van der Waals surface area contributed by atoms with Crippen LogP contribution in [0.2, 0.25) is 5.02 Å². The molecular weight excluding hydrogens is 442 g/mol. The summed E-state index contributed by atoms with van der Waals surface area (Å²) >= 11 is 8.92. The molecule has 9 heteroatoms. The Bertz CT molecular complexity index is 1190. The van der Waals surface area contributed by atoms with Crippen molar-refractivity contribution in [2.24, 2.45) is 7.05 Å². The van der Waals surface area contributed by atoms with Crippen LogP contribution < -0.4 is 15.6 Å². The number of benzene rings is 1. The summed E-state index contributed by atoms with van der Waals surface area (Å²) in [5.74, 6) is 0.307. The van der Waals surface area contributed by atoms with E-state index in [4.69, 9.17) is 21.3 Å². The highest BCUT2D eigenvalue weighted by molar-refractivity contribution is 8.00. The summed E-state index contributed by atoms with van der Waals surface area (Å²) in [7, 11) is 3.25. The van der Waals surface area contributed by atoms with E-state index in [2.05, 4.69) is 5.32 Å². The fourth-order valence-electron chi connectivity index (χ4n) is 3.60. The van der Waals surface area contributed by atoms with Gasteiger partial charge < -0.3 is 10.1 Å². The highest BCUT2D eigenvalue weighted by Crippen LogP contribution is 2.35. The summed E-state index contributed by atoms with van der Waals surface area (Å²) in [6.45, 7) is 1.78. The molecule has 0 bridgehead atoms. The van der Waals surface area contributed by atoms with Crippen molar-refractivity contribution >= 4 is 56.5 Å². The first kappa shape index (κ1) is 21.2. The average Bonchev–Trinajstić information content (AvgIpc) is 3.10. The van der Waals surface area contributed by atoms with Crippen molar-refractivity contribution in [1.82, 2.24) is 9.55 Å². The zero-order chi connectivity index (χ0) is 21.4. The molecule has 1 aromatic carbocycles. The molecule has 0 unspecified atom stereocenters. The third kappa shape index (κ3) is 3.96. The largest absolute Gasteiger partial charge is 0.495 e. The molecule has 0 saturated heterocycles. The maximum atomic E-state index is 13.0. The minimum atomic E-state index is -0.473. The van der Waals surface area contributed by atoms with Crippen molar-refractivity contribution in [2.45, 2.75) is 43.0 Å². The zero-order valence-corrected chi connectivity index (χ0v) is 19.3. The maximum absolute atomic E-state index is 13.0. The molecule has 158 valence electrons. The lowest BCUT2D eigenvalue weighted by molar-refractivity contribution is -0.115. The van der Waals surface area contributed by atoms with E-state index in [1.807, 2.05) is 0 Å². The molecule has 1 amide bonds. The number of hydrogen-bond donors (Lipinski definition) is 1. The second-order valence-electron chi connectivity index (χ2n) is 7.24. The number of halogens is 1. The van der Waals surface area contributed by atoms with Crippen LogP contribution in [0.1, 0.15) is 30.2 Å². The number of aromatic nitrogens is 2. The molecule has 30 heavy (non-hydrogen) atoms. The summed E-state index contributed by atoms with van der Waals surface area (Å²) in [4.78, 5) is 32.6. The molecule has 0 fully saturated rings.